The first-order valence-electron chi connectivity index (χ1n) is 5.98. The fraction of sp³-hybridized carbons (Fsp3) is 0.0714. The van der Waals surface area contributed by atoms with E-state index in [-0.39, 0.29) is 5.91 Å². The highest BCUT2D eigenvalue weighted by atomic mass is 79.9. The molecule has 0 saturated heterocycles. The molecule has 1 amide bonds. The number of fused-ring (bicyclic) bond motifs is 1. The second kappa shape index (κ2) is 5.05. The Morgan fingerprint density at radius 1 is 1.35 bits per heavy atom. The number of benzene rings is 1. The zero-order chi connectivity index (χ0) is 14.1. The van der Waals surface area contributed by atoms with E-state index in [0.717, 1.165) is 15.4 Å². The van der Waals surface area contributed by atoms with Crippen LogP contribution in [0.3, 0.4) is 0 Å². The first-order valence-corrected chi connectivity index (χ1v) is 6.77. The molecule has 3 aromatic rings. The van der Waals surface area contributed by atoms with Gasteiger partial charge in [-0.2, -0.15) is 5.10 Å². The Hall–Kier alpha value is -2.21. The summed E-state index contributed by atoms with van der Waals surface area (Å²) in [6.07, 6.45) is 4.90. The van der Waals surface area contributed by atoms with Gasteiger partial charge in [-0.15, -0.1) is 0 Å². The zero-order valence-electron chi connectivity index (χ0n) is 10.7. The summed E-state index contributed by atoms with van der Waals surface area (Å²) in [4.78, 5) is 16.5. The van der Waals surface area contributed by atoms with E-state index in [0.29, 0.717) is 11.3 Å². The topological polar surface area (TPSA) is 59.8 Å². The Morgan fingerprint density at radius 2 is 2.20 bits per heavy atom. The van der Waals surface area contributed by atoms with Gasteiger partial charge in [0.05, 0.1) is 23.0 Å². The Balaban J connectivity index is 1.99. The van der Waals surface area contributed by atoms with E-state index < -0.39 is 0 Å². The molecule has 2 heterocycles. The zero-order valence-corrected chi connectivity index (χ0v) is 12.3. The summed E-state index contributed by atoms with van der Waals surface area (Å²) < 4.78 is 2.53. The number of carbonyl (C=O) groups excluding carboxylic acids is 1. The second-order valence-corrected chi connectivity index (χ2v) is 5.21. The van der Waals surface area contributed by atoms with Crippen molar-refractivity contribution in [3.63, 3.8) is 0 Å². The largest absolute Gasteiger partial charge is 0.320 e. The van der Waals surface area contributed by atoms with E-state index in [1.54, 1.807) is 24.1 Å². The molecule has 0 saturated carbocycles. The summed E-state index contributed by atoms with van der Waals surface area (Å²) >= 11 is 3.48. The summed E-state index contributed by atoms with van der Waals surface area (Å²) in [6, 6.07) is 7.53. The van der Waals surface area contributed by atoms with E-state index in [4.69, 9.17) is 0 Å². The molecule has 0 bridgehead atoms. The van der Waals surface area contributed by atoms with Crippen molar-refractivity contribution in [3.8, 4) is 0 Å². The van der Waals surface area contributed by atoms with Crippen LogP contribution in [0.2, 0.25) is 0 Å². The first kappa shape index (κ1) is 12.8. The van der Waals surface area contributed by atoms with Crippen LogP contribution in [-0.4, -0.2) is 20.7 Å². The smallest absolute Gasteiger partial charge is 0.258 e. The molecule has 1 aromatic carbocycles. The van der Waals surface area contributed by atoms with Crippen molar-refractivity contribution in [2.75, 3.05) is 5.32 Å². The SMILES string of the molecule is Cn1cc(C(=O)Nc2ccc(Br)c3cccnc23)cn1. The van der Waals surface area contributed by atoms with E-state index in [1.807, 2.05) is 24.3 Å². The average Bonchev–Trinajstić information content (AvgIpc) is 2.89. The molecule has 20 heavy (non-hydrogen) atoms. The van der Waals surface area contributed by atoms with Crippen molar-refractivity contribution in [1.82, 2.24) is 14.8 Å². The number of amides is 1. The van der Waals surface area contributed by atoms with Crippen molar-refractivity contribution >= 4 is 38.4 Å². The first-order chi connectivity index (χ1) is 9.65. The van der Waals surface area contributed by atoms with Crippen LogP contribution in [0.25, 0.3) is 10.9 Å². The molecule has 0 aliphatic heterocycles. The van der Waals surface area contributed by atoms with Crippen LogP contribution >= 0.6 is 15.9 Å². The maximum absolute atomic E-state index is 12.2. The third-order valence-electron chi connectivity index (χ3n) is 2.93. The second-order valence-electron chi connectivity index (χ2n) is 4.35. The molecular weight excluding hydrogens is 320 g/mol. The molecule has 0 atom stereocenters. The van der Waals surface area contributed by atoms with Crippen LogP contribution in [0.15, 0.2) is 47.3 Å². The monoisotopic (exact) mass is 330 g/mol. The van der Waals surface area contributed by atoms with Gasteiger partial charge in [0.25, 0.3) is 5.91 Å². The molecule has 0 unspecified atom stereocenters. The number of halogens is 1. The third kappa shape index (κ3) is 2.30. The normalized spacial score (nSPS) is 10.7. The maximum Gasteiger partial charge on any atom is 0.258 e. The van der Waals surface area contributed by atoms with Crippen molar-refractivity contribution in [2.24, 2.45) is 7.05 Å². The Bertz CT molecular complexity index is 797. The molecular formula is C14H11BrN4O. The molecule has 6 heteroatoms. The summed E-state index contributed by atoms with van der Waals surface area (Å²) in [5, 5.41) is 7.81. The number of nitrogens with one attached hydrogen (secondary N) is 1. The van der Waals surface area contributed by atoms with E-state index in [1.165, 1.54) is 6.20 Å². The molecule has 100 valence electrons. The van der Waals surface area contributed by atoms with E-state index in [2.05, 4.69) is 31.3 Å². The molecule has 3 rings (SSSR count). The van der Waals surface area contributed by atoms with Crippen LogP contribution in [0, 0.1) is 0 Å². The van der Waals surface area contributed by atoms with Gasteiger partial charge in [0, 0.05) is 29.3 Å². The number of aryl methyl sites for hydroxylation is 1. The number of carbonyl (C=O) groups is 1. The molecule has 5 nitrogen and oxygen atoms in total. The van der Waals surface area contributed by atoms with Crippen LogP contribution < -0.4 is 5.32 Å². The van der Waals surface area contributed by atoms with Gasteiger partial charge >= 0.3 is 0 Å². The van der Waals surface area contributed by atoms with Crippen molar-refractivity contribution in [2.45, 2.75) is 0 Å². The summed E-state index contributed by atoms with van der Waals surface area (Å²) in [6.45, 7) is 0. The minimum Gasteiger partial charge on any atom is -0.320 e. The minimum atomic E-state index is -0.202. The molecule has 0 fully saturated rings. The minimum absolute atomic E-state index is 0.202. The molecule has 0 spiro atoms. The fourth-order valence-electron chi connectivity index (χ4n) is 1.97. The quantitative estimate of drug-likeness (QED) is 0.785. The van der Waals surface area contributed by atoms with Crippen LogP contribution in [0.1, 0.15) is 10.4 Å². The number of rotatable bonds is 2. The lowest BCUT2D eigenvalue weighted by atomic mass is 10.2. The molecule has 0 radical (unpaired) electrons. The van der Waals surface area contributed by atoms with Gasteiger partial charge in [-0.05, 0) is 18.2 Å². The predicted octanol–water partition coefficient (Wildman–Crippen LogP) is 2.98. The Morgan fingerprint density at radius 3 is 2.95 bits per heavy atom. The third-order valence-corrected chi connectivity index (χ3v) is 3.62. The lowest BCUT2D eigenvalue weighted by Gasteiger charge is -2.08. The lowest BCUT2D eigenvalue weighted by Crippen LogP contribution is -2.11. The molecule has 2 aromatic heterocycles. The summed E-state index contributed by atoms with van der Waals surface area (Å²) in [5.74, 6) is -0.202. The predicted molar refractivity (Wildman–Crippen MR) is 80.6 cm³/mol. The van der Waals surface area contributed by atoms with Crippen LogP contribution in [-0.2, 0) is 7.05 Å². The lowest BCUT2D eigenvalue weighted by molar-refractivity contribution is 0.102. The number of aromatic nitrogens is 3. The van der Waals surface area contributed by atoms with Gasteiger partial charge in [-0.3, -0.25) is 14.5 Å². The molecule has 1 N–H and O–H groups in total. The Labute approximate surface area is 123 Å². The Kier molecular flexibility index (Phi) is 3.23. The van der Waals surface area contributed by atoms with Gasteiger partial charge in [0.15, 0.2) is 0 Å². The fourth-order valence-corrected chi connectivity index (χ4v) is 2.42. The van der Waals surface area contributed by atoms with Gasteiger partial charge < -0.3 is 5.32 Å². The highest BCUT2D eigenvalue weighted by Crippen LogP contribution is 2.28. The number of anilines is 1. The van der Waals surface area contributed by atoms with Crippen molar-refractivity contribution in [1.29, 1.82) is 0 Å². The average molecular weight is 331 g/mol. The highest BCUT2D eigenvalue weighted by Gasteiger charge is 2.11. The number of nitrogens with zero attached hydrogens (tertiary/aromatic N) is 3. The summed E-state index contributed by atoms with van der Waals surface area (Å²) in [5.41, 5.74) is 1.94. The standard InChI is InChI=1S/C14H11BrN4O/c1-19-8-9(7-17-19)14(20)18-12-5-4-11(15)10-3-2-6-16-13(10)12/h2-8H,1H3,(H,18,20). The maximum atomic E-state index is 12.2. The van der Waals surface area contributed by atoms with Crippen molar-refractivity contribution in [3.05, 3.63) is 52.9 Å². The molecule has 0 aliphatic rings. The van der Waals surface area contributed by atoms with Crippen molar-refractivity contribution < 1.29 is 4.79 Å². The highest BCUT2D eigenvalue weighted by molar-refractivity contribution is 9.10. The van der Waals surface area contributed by atoms with Crippen LogP contribution in [0.4, 0.5) is 5.69 Å². The van der Waals surface area contributed by atoms with Crippen LogP contribution in [0.5, 0.6) is 0 Å². The number of pyridine rings is 1. The molecule has 0 aliphatic carbocycles. The van der Waals surface area contributed by atoms with Gasteiger partial charge in [-0.25, -0.2) is 0 Å². The number of hydrogen-bond acceptors (Lipinski definition) is 3. The number of hydrogen-bond donors (Lipinski definition) is 1. The van der Waals surface area contributed by atoms with Gasteiger partial charge in [-0.1, -0.05) is 22.0 Å². The van der Waals surface area contributed by atoms with E-state index >= 15 is 0 Å². The van der Waals surface area contributed by atoms with Gasteiger partial charge in [0.2, 0.25) is 0 Å². The summed E-state index contributed by atoms with van der Waals surface area (Å²) in [7, 11) is 1.77. The van der Waals surface area contributed by atoms with Gasteiger partial charge in [0.1, 0.15) is 0 Å². The van der Waals surface area contributed by atoms with E-state index in [9.17, 15) is 4.79 Å².